The fraction of sp³-hybridized carbons (Fsp3) is 0.455. The number of hydrazine groups is 1. The van der Waals surface area contributed by atoms with Crippen LogP contribution in [0.25, 0.3) is 0 Å². The molecule has 8 heteroatoms. The predicted molar refractivity (Wildman–Crippen MR) is 70.2 cm³/mol. The normalized spacial score (nSPS) is 9.84. The number of anilines is 1. The molecule has 8 nitrogen and oxygen atoms in total. The summed E-state index contributed by atoms with van der Waals surface area (Å²) in [5.41, 5.74) is 3.03. The van der Waals surface area contributed by atoms with Crippen molar-refractivity contribution in [2.75, 3.05) is 18.5 Å². The van der Waals surface area contributed by atoms with E-state index in [1.54, 1.807) is 6.92 Å². The summed E-state index contributed by atoms with van der Waals surface area (Å²) in [5, 5.41) is 5.13. The Balaban J connectivity index is 2.58. The number of nitrogens with zero attached hydrogens (tertiary/aromatic N) is 2. The smallest absolute Gasteiger partial charge is 0.270 e. The number of aryl methyl sites for hydroxylation is 1. The van der Waals surface area contributed by atoms with Gasteiger partial charge in [-0.1, -0.05) is 6.92 Å². The minimum atomic E-state index is -0.450. The van der Waals surface area contributed by atoms with E-state index in [-0.39, 0.29) is 24.1 Å². The van der Waals surface area contributed by atoms with Crippen LogP contribution in [0.5, 0.6) is 0 Å². The number of nitrogens with two attached hydrogens (primary N) is 1. The van der Waals surface area contributed by atoms with Gasteiger partial charge in [0.2, 0.25) is 11.9 Å². The molecule has 0 aliphatic heterocycles. The summed E-state index contributed by atoms with van der Waals surface area (Å²) in [6.45, 7) is 4.16. The SMILES string of the molecule is CCCNC(=O)CNC(=O)c1cc(C)nc(NN)n1. The molecule has 1 heterocycles. The van der Waals surface area contributed by atoms with Gasteiger partial charge < -0.3 is 10.6 Å². The quantitative estimate of drug-likeness (QED) is 0.400. The van der Waals surface area contributed by atoms with Gasteiger partial charge in [-0.05, 0) is 19.4 Å². The van der Waals surface area contributed by atoms with Crippen molar-refractivity contribution in [2.45, 2.75) is 20.3 Å². The van der Waals surface area contributed by atoms with Gasteiger partial charge in [0.15, 0.2) is 0 Å². The summed E-state index contributed by atoms with van der Waals surface area (Å²) < 4.78 is 0. The van der Waals surface area contributed by atoms with Crippen molar-refractivity contribution in [3.63, 3.8) is 0 Å². The summed E-state index contributed by atoms with van der Waals surface area (Å²) in [6, 6.07) is 1.51. The standard InChI is InChI=1S/C11H18N6O2/c1-3-4-13-9(18)6-14-10(19)8-5-7(2)15-11(16-8)17-12/h5H,3-4,6,12H2,1-2H3,(H,13,18)(H,14,19)(H,15,16,17). The molecule has 0 aliphatic rings. The lowest BCUT2D eigenvalue weighted by Gasteiger charge is -2.07. The van der Waals surface area contributed by atoms with Crippen LogP contribution in [0, 0.1) is 6.92 Å². The van der Waals surface area contributed by atoms with Crippen LogP contribution in [0.3, 0.4) is 0 Å². The second-order valence-corrected chi connectivity index (χ2v) is 3.90. The minimum absolute atomic E-state index is 0.0900. The Labute approximate surface area is 111 Å². The Kier molecular flexibility index (Phi) is 5.68. The number of nitrogens with one attached hydrogen (secondary N) is 3. The second-order valence-electron chi connectivity index (χ2n) is 3.90. The van der Waals surface area contributed by atoms with Gasteiger partial charge in [0.1, 0.15) is 5.69 Å². The minimum Gasteiger partial charge on any atom is -0.355 e. The number of hydrogen-bond acceptors (Lipinski definition) is 6. The first kappa shape index (κ1) is 14.8. The topological polar surface area (TPSA) is 122 Å². The highest BCUT2D eigenvalue weighted by Gasteiger charge is 2.11. The van der Waals surface area contributed by atoms with Crippen molar-refractivity contribution in [3.05, 3.63) is 17.5 Å². The van der Waals surface area contributed by atoms with E-state index in [2.05, 4.69) is 26.0 Å². The molecule has 0 aromatic carbocycles. The van der Waals surface area contributed by atoms with Crippen molar-refractivity contribution in [1.82, 2.24) is 20.6 Å². The van der Waals surface area contributed by atoms with Gasteiger partial charge in [0.05, 0.1) is 6.54 Å². The maximum atomic E-state index is 11.8. The van der Waals surface area contributed by atoms with Crippen LogP contribution in [0.2, 0.25) is 0 Å². The van der Waals surface area contributed by atoms with Crippen LogP contribution < -0.4 is 21.9 Å². The van der Waals surface area contributed by atoms with Crippen molar-refractivity contribution in [3.8, 4) is 0 Å². The molecule has 0 aliphatic carbocycles. The Bertz CT molecular complexity index is 462. The summed E-state index contributed by atoms with van der Waals surface area (Å²) in [5.74, 6) is 4.66. The van der Waals surface area contributed by atoms with Crippen LogP contribution >= 0.6 is 0 Å². The highest BCUT2D eigenvalue weighted by atomic mass is 16.2. The summed E-state index contributed by atoms with van der Waals surface area (Å²) in [4.78, 5) is 31.0. The fourth-order valence-corrected chi connectivity index (χ4v) is 1.33. The number of rotatable bonds is 6. The van der Waals surface area contributed by atoms with Gasteiger partial charge in [0.25, 0.3) is 5.91 Å². The third-order valence-corrected chi connectivity index (χ3v) is 2.20. The lowest BCUT2D eigenvalue weighted by atomic mass is 10.3. The van der Waals surface area contributed by atoms with Crippen molar-refractivity contribution in [2.24, 2.45) is 5.84 Å². The number of carbonyl (C=O) groups excluding carboxylic acids is 2. The molecule has 1 aromatic rings. The molecule has 1 aromatic heterocycles. The Morgan fingerprint density at radius 2 is 2.05 bits per heavy atom. The monoisotopic (exact) mass is 266 g/mol. The Morgan fingerprint density at radius 3 is 2.68 bits per heavy atom. The molecular formula is C11H18N6O2. The average Bonchev–Trinajstić information content (AvgIpc) is 2.41. The van der Waals surface area contributed by atoms with Gasteiger partial charge in [-0.3, -0.25) is 15.0 Å². The van der Waals surface area contributed by atoms with Gasteiger partial charge in [-0.2, -0.15) is 0 Å². The lowest BCUT2D eigenvalue weighted by Crippen LogP contribution is -2.37. The molecule has 0 saturated carbocycles. The van der Waals surface area contributed by atoms with Crippen molar-refractivity contribution in [1.29, 1.82) is 0 Å². The maximum Gasteiger partial charge on any atom is 0.270 e. The number of amides is 2. The molecule has 0 spiro atoms. The van der Waals surface area contributed by atoms with E-state index in [9.17, 15) is 9.59 Å². The molecule has 0 atom stereocenters. The fourth-order valence-electron chi connectivity index (χ4n) is 1.33. The molecule has 0 fully saturated rings. The zero-order valence-corrected chi connectivity index (χ0v) is 11.0. The Morgan fingerprint density at radius 1 is 1.32 bits per heavy atom. The molecule has 5 N–H and O–H groups in total. The first-order valence-electron chi connectivity index (χ1n) is 5.94. The molecule has 1 rings (SSSR count). The van der Waals surface area contributed by atoms with Crippen LogP contribution in [-0.2, 0) is 4.79 Å². The van der Waals surface area contributed by atoms with E-state index < -0.39 is 5.91 Å². The zero-order valence-electron chi connectivity index (χ0n) is 11.0. The Hall–Kier alpha value is -2.22. The first-order chi connectivity index (χ1) is 9.06. The molecule has 0 unspecified atom stereocenters. The molecule has 2 amide bonds. The molecule has 0 bridgehead atoms. The average molecular weight is 266 g/mol. The highest BCUT2D eigenvalue weighted by molar-refractivity contribution is 5.95. The number of aromatic nitrogens is 2. The summed E-state index contributed by atoms with van der Waals surface area (Å²) in [6.07, 6.45) is 0.844. The van der Waals surface area contributed by atoms with E-state index >= 15 is 0 Å². The molecule has 0 saturated heterocycles. The van der Waals surface area contributed by atoms with E-state index in [4.69, 9.17) is 5.84 Å². The first-order valence-corrected chi connectivity index (χ1v) is 5.94. The maximum absolute atomic E-state index is 11.8. The molecule has 0 radical (unpaired) electrons. The van der Waals surface area contributed by atoms with Crippen LogP contribution in [0.15, 0.2) is 6.07 Å². The van der Waals surface area contributed by atoms with Crippen LogP contribution in [0.4, 0.5) is 5.95 Å². The van der Waals surface area contributed by atoms with E-state index in [0.717, 1.165) is 6.42 Å². The van der Waals surface area contributed by atoms with E-state index in [1.165, 1.54) is 6.07 Å². The van der Waals surface area contributed by atoms with Crippen molar-refractivity contribution < 1.29 is 9.59 Å². The third-order valence-electron chi connectivity index (χ3n) is 2.20. The predicted octanol–water partition coefficient (Wildman–Crippen LogP) is -0.673. The largest absolute Gasteiger partial charge is 0.355 e. The van der Waals surface area contributed by atoms with Crippen LogP contribution in [0.1, 0.15) is 29.5 Å². The number of nitrogen functional groups attached to an aromatic ring is 1. The second kappa shape index (κ2) is 7.27. The van der Waals surface area contributed by atoms with Gasteiger partial charge >= 0.3 is 0 Å². The lowest BCUT2D eigenvalue weighted by molar-refractivity contribution is -0.120. The highest BCUT2D eigenvalue weighted by Crippen LogP contribution is 2.03. The molecular weight excluding hydrogens is 248 g/mol. The van der Waals surface area contributed by atoms with E-state index in [0.29, 0.717) is 12.2 Å². The van der Waals surface area contributed by atoms with E-state index in [1.807, 2.05) is 6.92 Å². The van der Waals surface area contributed by atoms with Crippen molar-refractivity contribution >= 4 is 17.8 Å². The third kappa shape index (κ3) is 4.88. The van der Waals surface area contributed by atoms with Gasteiger partial charge in [0, 0.05) is 12.2 Å². The molecule has 19 heavy (non-hydrogen) atoms. The van der Waals surface area contributed by atoms with Gasteiger partial charge in [-0.25, -0.2) is 15.8 Å². The zero-order chi connectivity index (χ0) is 14.3. The molecule has 104 valence electrons. The number of hydrogen-bond donors (Lipinski definition) is 4. The number of carbonyl (C=O) groups is 2. The summed E-state index contributed by atoms with van der Waals surface area (Å²) in [7, 11) is 0. The van der Waals surface area contributed by atoms with Crippen LogP contribution in [-0.4, -0.2) is 34.9 Å². The van der Waals surface area contributed by atoms with Gasteiger partial charge in [-0.15, -0.1) is 0 Å². The summed E-state index contributed by atoms with van der Waals surface area (Å²) >= 11 is 0.